The van der Waals surface area contributed by atoms with Crippen LogP contribution in [0.2, 0.25) is 0 Å². The quantitative estimate of drug-likeness (QED) is 0.808. The molecule has 0 bridgehead atoms. The molecule has 5 heteroatoms. The van der Waals surface area contributed by atoms with Gasteiger partial charge >= 0.3 is 5.51 Å². The third-order valence-corrected chi connectivity index (χ3v) is 2.72. The lowest BCUT2D eigenvalue weighted by atomic mass is 10.1. The second-order valence-corrected chi connectivity index (χ2v) is 4.27. The van der Waals surface area contributed by atoms with Gasteiger partial charge in [-0.3, -0.25) is 0 Å². The highest BCUT2D eigenvalue weighted by Crippen LogP contribution is 2.36. The van der Waals surface area contributed by atoms with Crippen LogP contribution in [0.4, 0.5) is 13.2 Å². The maximum absolute atomic E-state index is 12.0. The summed E-state index contributed by atoms with van der Waals surface area (Å²) in [7, 11) is 0. The van der Waals surface area contributed by atoms with Crippen molar-refractivity contribution in [1.29, 1.82) is 0 Å². The van der Waals surface area contributed by atoms with E-state index < -0.39 is 5.51 Å². The number of nitrogens with two attached hydrogens (primary N) is 1. The number of alkyl halides is 3. The van der Waals surface area contributed by atoms with Gasteiger partial charge in [0.15, 0.2) is 0 Å². The molecule has 1 aromatic carbocycles. The molecule has 0 radical (unpaired) electrons. The van der Waals surface area contributed by atoms with E-state index in [0.717, 1.165) is 12.0 Å². The van der Waals surface area contributed by atoms with E-state index in [-0.39, 0.29) is 22.7 Å². The molecule has 0 heterocycles. The number of hydrogen-bond donors (Lipinski definition) is 1. The molecular weight excluding hydrogens is 223 g/mol. The van der Waals surface area contributed by atoms with Crippen molar-refractivity contribution in [2.24, 2.45) is 5.73 Å². The van der Waals surface area contributed by atoms with Crippen LogP contribution in [0.5, 0.6) is 0 Å². The third-order valence-electron chi connectivity index (χ3n) is 1.98. The second-order valence-electron chi connectivity index (χ2n) is 3.13. The first-order valence-electron chi connectivity index (χ1n) is 4.53. The molecule has 1 nitrogen and oxygen atoms in total. The highest BCUT2D eigenvalue weighted by atomic mass is 32.2. The maximum Gasteiger partial charge on any atom is 0.446 e. The van der Waals surface area contributed by atoms with E-state index >= 15 is 0 Å². The van der Waals surface area contributed by atoms with Crippen LogP contribution < -0.4 is 5.73 Å². The molecule has 84 valence electrons. The Bertz CT molecular complexity index is 307. The Balaban J connectivity index is 2.72. The Morgan fingerprint density at radius 2 is 1.80 bits per heavy atom. The van der Waals surface area contributed by atoms with E-state index in [9.17, 15) is 13.2 Å². The average molecular weight is 235 g/mol. The van der Waals surface area contributed by atoms with Crippen molar-refractivity contribution in [3.05, 3.63) is 29.8 Å². The van der Waals surface area contributed by atoms with Gasteiger partial charge < -0.3 is 5.73 Å². The number of hydrogen-bond acceptors (Lipinski definition) is 2. The van der Waals surface area contributed by atoms with E-state index in [0.29, 0.717) is 0 Å². The minimum absolute atomic E-state index is 0.102. The lowest BCUT2D eigenvalue weighted by molar-refractivity contribution is -0.0328. The fraction of sp³-hybridized carbons (Fsp3) is 0.400. The predicted octanol–water partition coefficient (Wildman–Crippen LogP) is 3.71. The summed E-state index contributed by atoms with van der Waals surface area (Å²) in [5.74, 6) is 0. The molecule has 0 aromatic heterocycles. The van der Waals surface area contributed by atoms with Gasteiger partial charge in [-0.25, -0.2) is 0 Å². The van der Waals surface area contributed by atoms with Gasteiger partial charge in [-0.1, -0.05) is 19.1 Å². The molecule has 0 aliphatic rings. The summed E-state index contributed by atoms with van der Waals surface area (Å²) in [6.07, 6.45) is 0.770. The van der Waals surface area contributed by atoms with Crippen molar-refractivity contribution in [1.82, 2.24) is 0 Å². The van der Waals surface area contributed by atoms with Gasteiger partial charge in [0.25, 0.3) is 0 Å². The first-order chi connectivity index (χ1) is 6.92. The van der Waals surface area contributed by atoms with Crippen LogP contribution >= 0.6 is 11.8 Å². The van der Waals surface area contributed by atoms with Crippen LogP contribution in [0.3, 0.4) is 0 Å². The molecule has 1 rings (SSSR count). The zero-order valence-corrected chi connectivity index (χ0v) is 9.03. The monoisotopic (exact) mass is 235 g/mol. The predicted molar refractivity (Wildman–Crippen MR) is 55.6 cm³/mol. The smallest absolute Gasteiger partial charge is 0.324 e. The number of benzene rings is 1. The van der Waals surface area contributed by atoms with Crippen molar-refractivity contribution in [2.45, 2.75) is 29.8 Å². The van der Waals surface area contributed by atoms with Gasteiger partial charge in [0, 0.05) is 10.9 Å². The minimum atomic E-state index is -4.23. The van der Waals surface area contributed by atoms with E-state index in [1.807, 2.05) is 6.92 Å². The molecule has 0 fully saturated rings. The van der Waals surface area contributed by atoms with Crippen LogP contribution in [0.25, 0.3) is 0 Å². The van der Waals surface area contributed by atoms with Gasteiger partial charge in [0.05, 0.1) is 0 Å². The van der Waals surface area contributed by atoms with Crippen LogP contribution in [0.15, 0.2) is 29.2 Å². The summed E-state index contributed by atoms with van der Waals surface area (Å²) in [5, 5.41) is 0. The van der Waals surface area contributed by atoms with Gasteiger partial charge in [-0.15, -0.1) is 0 Å². The molecule has 1 atom stereocenters. The third kappa shape index (κ3) is 4.13. The molecule has 0 saturated carbocycles. The first kappa shape index (κ1) is 12.4. The van der Waals surface area contributed by atoms with Crippen molar-refractivity contribution in [2.75, 3.05) is 0 Å². The molecule has 0 aliphatic carbocycles. The second kappa shape index (κ2) is 4.90. The molecule has 1 aromatic rings. The van der Waals surface area contributed by atoms with E-state index in [2.05, 4.69) is 0 Å². The Labute approximate surface area is 90.9 Å². The molecule has 2 N–H and O–H groups in total. The van der Waals surface area contributed by atoms with Gasteiger partial charge in [-0.2, -0.15) is 13.2 Å². The van der Waals surface area contributed by atoms with Gasteiger partial charge in [0.2, 0.25) is 0 Å². The van der Waals surface area contributed by atoms with Crippen molar-refractivity contribution in [3.63, 3.8) is 0 Å². The Hall–Kier alpha value is -0.680. The fourth-order valence-electron chi connectivity index (χ4n) is 1.15. The largest absolute Gasteiger partial charge is 0.446 e. The minimum Gasteiger partial charge on any atom is -0.324 e. The molecule has 0 unspecified atom stereocenters. The molecular formula is C10H12F3NS. The lowest BCUT2D eigenvalue weighted by Crippen LogP contribution is -2.08. The Morgan fingerprint density at radius 3 is 2.20 bits per heavy atom. The number of thioether (sulfide) groups is 1. The van der Waals surface area contributed by atoms with Crippen LogP contribution in [-0.4, -0.2) is 5.51 Å². The molecule has 15 heavy (non-hydrogen) atoms. The summed E-state index contributed by atoms with van der Waals surface area (Å²) >= 11 is -0.112. The highest BCUT2D eigenvalue weighted by molar-refractivity contribution is 8.00. The maximum atomic E-state index is 12.0. The summed E-state index contributed by atoms with van der Waals surface area (Å²) < 4.78 is 36.0. The normalized spacial score (nSPS) is 13.9. The fourth-order valence-corrected chi connectivity index (χ4v) is 1.69. The van der Waals surface area contributed by atoms with Gasteiger partial charge in [-0.05, 0) is 35.9 Å². The number of halogens is 3. The Kier molecular flexibility index (Phi) is 4.04. The lowest BCUT2D eigenvalue weighted by Gasteiger charge is -2.10. The Morgan fingerprint density at radius 1 is 1.27 bits per heavy atom. The summed E-state index contributed by atoms with van der Waals surface area (Å²) in [6, 6.07) is 6.08. The number of rotatable bonds is 3. The van der Waals surface area contributed by atoms with Crippen LogP contribution in [0, 0.1) is 0 Å². The van der Waals surface area contributed by atoms with Crippen LogP contribution in [-0.2, 0) is 0 Å². The summed E-state index contributed by atoms with van der Waals surface area (Å²) in [6.45, 7) is 1.93. The molecule has 0 aliphatic heterocycles. The standard InChI is InChI=1S/C10H12F3NS/c1-2-9(14)7-3-5-8(6-4-7)15-10(11,12)13/h3-6,9H,2,14H2,1H3/t9-/m0/s1. The van der Waals surface area contributed by atoms with E-state index in [1.54, 1.807) is 12.1 Å². The summed E-state index contributed by atoms with van der Waals surface area (Å²) in [5.41, 5.74) is 2.38. The molecule has 0 amide bonds. The van der Waals surface area contributed by atoms with E-state index in [4.69, 9.17) is 5.73 Å². The van der Waals surface area contributed by atoms with Crippen molar-refractivity contribution in [3.8, 4) is 0 Å². The zero-order valence-electron chi connectivity index (χ0n) is 8.21. The first-order valence-corrected chi connectivity index (χ1v) is 5.35. The van der Waals surface area contributed by atoms with Crippen LogP contribution in [0.1, 0.15) is 24.9 Å². The summed E-state index contributed by atoms with van der Waals surface area (Å²) in [4.78, 5) is 0.189. The zero-order chi connectivity index (χ0) is 11.5. The highest BCUT2D eigenvalue weighted by Gasteiger charge is 2.29. The van der Waals surface area contributed by atoms with Crippen molar-refractivity contribution >= 4 is 11.8 Å². The van der Waals surface area contributed by atoms with E-state index in [1.165, 1.54) is 12.1 Å². The molecule has 0 spiro atoms. The van der Waals surface area contributed by atoms with Gasteiger partial charge in [0.1, 0.15) is 0 Å². The van der Waals surface area contributed by atoms with Crippen molar-refractivity contribution < 1.29 is 13.2 Å². The molecule has 0 saturated heterocycles. The average Bonchev–Trinajstić information content (AvgIpc) is 2.15. The topological polar surface area (TPSA) is 26.0 Å². The SMILES string of the molecule is CC[C@H](N)c1ccc(SC(F)(F)F)cc1.